The van der Waals surface area contributed by atoms with Gasteiger partial charge in [-0.15, -0.1) is 0 Å². The normalized spacial score (nSPS) is 16.8. The summed E-state index contributed by atoms with van der Waals surface area (Å²) in [4.78, 5) is 13.0. The van der Waals surface area contributed by atoms with Gasteiger partial charge in [-0.1, -0.05) is 18.6 Å². The molecule has 0 N–H and O–H groups in total. The van der Waals surface area contributed by atoms with Crippen LogP contribution in [0.5, 0.6) is 0 Å². The van der Waals surface area contributed by atoms with Gasteiger partial charge in [-0.3, -0.25) is 0 Å². The van der Waals surface area contributed by atoms with Crippen LogP contribution in [0, 0.1) is 0 Å². The van der Waals surface area contributed by atoms with E-state index in [1.165, 1.54) is 5.57 Å². The first-order chi connectivity index (χ1) is 6.27. The van der Waals surface area contributed by atoms with E-state index in [2.05, 4.69) is 13.0 Å². The molecule has 0 saturated carbocycles. The highest BCUT2D eigenvalue weighted by atomic mass is 16.6. The first-order valence-corrected chi connectivity index (χ1v) is 4.87. The lowest BCUT2D eigenvalue weighted by molar-refractivity contribution is 0.110. The van der Waals surface area contributed by atoms with Crippen LogP contribution in [0.2, 0.25) is 0 Å². The number of nitrogens with zero attached hydrogens (tertiary/aromatic N) is 1. The van der Waals surface area contributed by atoms with Crippen molar-refractivity contribution in [1.29, 1.82) is 0 Å². The summed E-state index contributed by atoms with van der Waals surface area (Å²) >= 11 is 0. The summed E-state index contributed by atoms with van der Waals surface area (Å²) in [5.74, 6) is 0. The first-order valence-electron chi connectivity index (χ1n) is 4.87. The number of carbonyl (C=O) groups excluding carboxylic acids is 1. The Hall–Kier alpha value is -0.990. The highest BCUT2D eigenvalue weighted by Gasteiger charge is 2.16. The Kier molecular flexibility index (Phi) is 3.80. The van der Waals surface area contributed by atoms with Crippen molar-refractivity contribution < 1.29 is 9.53 Å². The van der Waals surface area contributed by atoms with Crippen LogP contribution in [0.4, 0.5) is 4.79 Å². The van der Waals surface area contributed by atoms with Gasteiger partial charge in [0.2, 0.25) is 0 Å². The van der Waals surface area contributed by atoms with Gasteiger partial charge in [-0.25, -0.2) is 4.79 Å². The summed E-state index contributed by atoms with van der Waals surface area (Å²) in [7, 11) is 0. The van der Waals surface area contributed by atoms with E-state index in [4.69, 9.17) is 4.74 Å². The van der Waals surface area contributed by atoms with Crippen molar-refractivity contribution in [2.24, 2.45) is 0 Å². The van der Waals surface area contributed by atoms with Gasteiger partial charge >= 0.3 is 6.09 Å². The van der Waals surface area contributed by atoms with Crippen LogP contribution in [0.3, 0.4) is 0 Å². The third-order valence-electron chi connectivity index (χ3n) is 2.28. The molecule has 1 rings (SSSR count). The minimum atomic E-state index is -0.186. The lowest BCUT2D eigenvalue weighted by Crippen LogP contribution is -2.35. The maximum Gasteiger partial charge on any atom is 0.410 e. The first kappa shape index (κ1) is 10.1. The third kappa shape index (κ3) is 2.76. The fraction of sp³-hybridized carbons (Fsp3) is 0.700. The molecule has 1 aliphatic heterocycles. The van der Waals surface area contributed by atoms with E-state index in [9.17, 15) is 4.79 Å². The molecular weight excluding hydrogens is 166 g/mol. The predicted octanol–water partition coefficient (Wildman–Crippen LogP) is 2.19. The van der Waals surface area contributed by atoms with Gasteiger partial charge in [0, 0.05) is 13.1 Å². The molecule has 13 heavy (non-hydrogen) atoms. The quantitative estimate of drug-likeness (QED) is 0.614. The van der Waals surface area contributed by atoms with E-state index >= 15 is 0 Å². The van der Waals surface area contributed by atoms with Gasteiger partial charge < -0.3 is 9.64 Å². The molecule has 0 fully saturated rings. The molecule has 0 aromatic carbocycles. The molecule has 1 amide bonds. The maximum absolute atomic E-state index is 11.3. The third-order valence-corrected chi connectivity index (χ3v) is 2.28. The van der Waals surface area contributed by atoms with Gasteiger partial charge in [0.1, 0.15) is 0 Å². The van der Waals surface area contributed by atoms with Crippen LogP contribution in [0.25, 0.3) is 0 Å². The van der Waals surface area contributed by atoms with Crippen LogP contribution in [-0.4, -0.2) is 30.7 Å². The van der Waals surface area contributed by atoms with E-state index in [1.807, 2.05) is 6.92 Å². The van der Waals surface area contributed by atoms with Crippen molar-refractivity contribution in [2.75, 3.05) is 19.7 Å². The van der Waals surface area contributed by atoms with Gasteiger partial charge in [0.15, 0.2) is 0 Å². The maximum atomic E-state index is 11.3. The molecule has 74 valence electrons. The molecule has 0 saturated heterocycles. The zero-order chi connectivity index (χ0) is 9.68. The monoisotopic (exact) mass is 183 g/mol. The Bertz CT molecular complexity index is 211. The van der Waals surface area contributed by atoms with Crippen molar-refractivity contribution in [2.45, 2.75) is 26.7 Å². The molecular formula is C10H17NO2. The second kappa shape index (κ2) is 4.90. The number of rotatable bonds is 2. The molecule has 0 radical (unpaired) electrons. The van der Waals surface area contributed by atoms with Crippen molar-refractivity contribution in [3.05, 3.63) is 11.6 Å². The lowest BCUT2D eigenvalue weighted by atomic mass is 10.1. The minimum absolute atomic E-state index is 0.186. The predicted molar refractivity (Wildman–Crippen MR) is 51.6 cm³/mol. The summed E-state index contributed by atoms with van der Waals surface area (Å²) in [6.45, 7) is 5.95. The van der Waals surface area contributed by atoms with E-state index in [0.717, 1.165) is 19.4 Å². The molecule has 3 nitrogen and oxygen atoms in total. The molecule has 1 aliphatic rings. The van der Waals surface area contributed by atoms with E-state index in [-0.39, 0.29) is 6.09 Å². The summed E-state index contributed by atoms with van der Waals surface area (Å²) in [5, 5.41) is 0. The van der Waals surface area contributed by atoms with Crippen LogP contribution in [0.15, 0.2) is 11.6 Å². The fourth-order valence-electron chi connectivity index (χ4n) is 1.41. The van der Waals surface area contributed by atoms with E-state index in [1.54, 1.807) is 4.90 Å². The number of ether oxygens (including phenoxy) is 1. The van der Waals surface area contributed by atoms with Gasteiger partial charge in [0.05, 0.1) is 6.61 Å². The number of hydrogen-bond acceptors (Lipinski definition) is 2. The number of hydrogen-bond donors (Lipinski definition) is 0. The smallest absolute Gasteiger partial charge is 0.410 e. The van der Waals surface area contributed by atoms with Crippen molar-refractivity contribution in [3.8, 4) is 0 Å². The highest BCUT2D eigenvalue weighted by Crippen LogP contribution is 2.13. The minimum Gasteiger partial charge on any atom is -0.450 e. The largest absolute Gasteiger partial charge is 0.450 e. The zero-order valence-electron chi connectivity index (χ0n) is 8.38. The Morgan fingerprint density at radius 2 is 2.38 bits per heavy atom. The molecule has 0 aliphatic carbocycles. The molecule has 0 aromatic heterocycles. The SMILES string of the molecule is CCOC(=O)N1CC=C(CC)CC1. The second-order valence-corrected chi connectivity index (χ2v) is 3.11. The second-order valence-electron chi connectivity index (χ2n) is 3.11. The molecule has 0 spiro atoms. The molecule has 3 heteroatoms. The number of amides is 1. The molecule has 0 atom stereocenters. The molecule has 0 unspecified atom stereocenters. The Morgan fingerprint density at radius 1 is 1.62 bits per heavy atom. The molecule has 1 heterocycles. The zero-order valence-corrected chi connectivity index (χ0v) is 8.38. The summed E-state index contributed by atoms with van der Waals surface area (Å²) < 4.78 is 4.91. The van der Waals surface area contributed by atoms with Crippen LogP contribution < -0.4 is 0 Å². The fourth-order valence-corrected chi connectivity index (χ4v) is 1.41. The Balaban J connectivity index is 2.40. The Labute approximate surface area is 79.4 Å². The summed E-state index contributed by atoms with van der Waals surface area (Å²) in [5.41, 5.74) is 1.44. The number of carbonyl (C=O) groups is 1. The molecule has 0 aromatic rings. The van der Waals surface area contributed by atoms with Gasteiger partial charge in [0.25, 0.3) is 0 Å². The average molecular weight is 183 g/mol. The topological polar surface area (TPSA) is 29.5 Å². The molecule has 0 bridgehead atoms. The van der Waals surface area contributed by atoms with Gasteiger partial charge in [-0.2, -0.15) is 0 Å². The van der Waals surface area contributed by atoms with Crippen molar-refractivity contribution in [3.63, 3.8) is 0 Å². The lowest BCUT2D eigenvalue weighted by Gasteiger charge is -2.25. The van der Waals surface area contributed by atoms with Crippen LogP contribution in [0.1, 0.15) is 26.7 Å². The highest BCUT2D eigenvalue weighted by molar-refractivity contribution is 5.68. The average Bonchev–Trinajstić information content (AvgIpc) is 2.18. The van der Waals surface area contributed by atoms with E-state index in [0.29, 0.717) is 13.2 Å². The standard InChI is InChI=1S/C10H17NO2/c1-3-9-5-7-11(8-6-9)10(12)13-4-2/h5H,3-4,6-8H2,1-2H3. The summed E-state index contributed by atoms with van der Waals surface area (Å²) in [6, 6.07) is 0. The van der Waals surface area contributed by atoms with Crippen molar-refractivity contribution in [1.82, 2.24) is 4.90 Å². The van der Waals surface area contributed by atoms with Crippen molar-refractivity contribution >= 4 is 6.09 Å². The van der Waals surface area contributed by atoms with Gasteiger partial charge in [-0.05, 0) is 19.8 Å². The van der Waals surface area contributed by atoms with Crippen LogP contribution in [-0.2, 0) is 4.74 Å². The summed E-state index contributed by atoms with van der Waals surface area (Å²) in [6.07, 6.45) is 4.03. The van der Waals surface area contributed by atoms with Crippen LogP contribution >= 0.6 is 0 Å². The Morgan fingerprint density at radius 3 is 2.85 bits per heavy atom. The van der Waals surface area contributed by atoms with E-state index < -0.39 is 0 Å².